The lowest BCUT2D eigenvalue weighted by Crippen LogP contribution is -2.21. The first-order valence-electron chi connectivity index (χ1n) is 7.47. The maximum Gasteiger partial charge on any atom is 0.0564 e. The zero-order chi connectivity index (χ0) is 15.7. The summed E-state index contributed by atoms with van der Waals surface area (Å²) in [7, 11) is 0. The molecular weight excluding hydrogens is 102 g/mol. The molecule has 1 rings (SSSR count). The summed E-state index contributed by atoms with van der Waals surface area (Å²) in [5.74, 6) is 0. The van der Waals surface area contributed by atoms with Crippen LogP contribution in [-0.4, -0.2) is 24.2 Å². The fourth-order valence-electron chi connectivity index (χ4n) is 0.337. The SMILES string of the molecule is [2H]C([2H])(O)C([2H])([2H])C1([2H])NC([2H])([2H])C([2H])([2H])C1([2H])[2H]. The largest absolute Gasteiger partial charge is 0.396 e. The Hall–Kier alpha value is -0.0800. The van der Waals surface area contributed by atoms with E-state index in [1.807, 2.05) is 0 Å². The molecule has 1 unspecified atom stereocenters. The van der Waals surface area contributed by atoms with Crippen molar-refractivity contribution >= 4 is 0 Å². The van der Waals surface area contributed by atoms with Gasteiger partial charge in [0.1, 0.15) is 0 Å². The van der Waals surface area contributed by atoms with Gasteiger partial charge in [-0.05, 0) is 25.6 Å². The third kappa shape index (κ3) is 1.46. The number of aliphatic hydroxyl groups is 1. The van der Waals surface area contributed by atoms with Crippen molar-refractivity contribution in [3.63, 3.8) is 0 Å². The zero-order valence-electron chi connectivity index (χ0n) is 14.9. The van der Waals surface area contributed by atoms with Gasteiger partial charge in [-0.1, -0.05) is 0 Å². The van der Waals surface area contributed by atoms with Crippen LogP contribution >= 0.6 is 0 Å². The fraction of sp³-hybridized carbons (Fsp3) is 1.00. The van der Waals surface area contributed by atoms with E-state index in [0.717, 1.165) is 0 Å². The Kier molecular flexibility index (Phi) is 0.404. The first-order chi connectivity index (χ1) is 7.96. The van der Waals surface area contributed by atoms with Crippen LogP contribution in [0.3, 0.4) is 0 Å². The minimum absolute atomic E-state index is 1.51. The van der Waals surface area contributed by atoms with Gasteiger partial charge >= 0.3 is 0 Å². The van der Waals surface area contributed by atoms with Gasteiger partial charge < -0.3 is 10.4 Å². The van der Waals surface area contributed by atoms with Gasteiger partial charge in [0.05, 0.1) is 2.74 Å². The number of rotatable bonds is 2. The first kappa shape index (κ1) is 1.06. The van der Waals surface area contributed by atoms with Gasteiger partial charge in [-0.15, -0.1) is 0 Å². The van der Waals surface area contributed by atoms with Crippen LogP contribution in [0.4, 0.5) is 0 Å². The minimum atomic E-state index is -3.68. The van der Waals surface area contributed by atoms with Gasteiger partial charge in [0.25, 0.3) is 0 Å². The molecule has 0 radical (unpaired) electrons. The Morgan fingerprint density at radius 1 is 2.12 bits per heavy atom. The minimum Gasteiger partial charge on any atom is -0.396 e. The maximum atomic E-state index is 9.13. The first-order valence-corrected chi connectivity index (χ1v) is 1.97. The molecule has 0 spiro atoms. The van der Waals surface area contributed by atoms with E-state index in [1.54, 1.807) is 0 Å². The second kappa shape index (κ2) is 3.05. The molecule has 1 aliphatic heterocycles. The molecule has 0 aromatic carbocycles. The van der Waals surface area contributed by atoms with E-state index in [4.69, 9.17) is 20.2 Å². The molecule has 0 aliphatic carbocycles. The summed E-state index contributed by atoms with van der Waals surface area (Å²) in [5.41, 5.74) is 0. The van der Waals surface area contributed by atoms with Gasteiger partial charge in [-0.2, -0.15) is 0 Å². The molecule has 1 saturated heterocycles. The molecule has 2 nitrogen and oxygen atoms in total. The molecule has 1 atom stereocenters. The van der Waals surface area contributed by atoms with Crippen molar-refractivity contribution in [1.82, 2.24) is 5.32 Å². The van der Waals surface area contributed by atoms with Gasteiger partial charge in [0.2, 0.25) is 0 Å². The lowest BCUT2D eigenvalue weighted by atomic mass is 10.2. The van der Waals surface area contributed by atoms with Crippen LogP contribution in [0, 0.1) is 0 Å². The topological polar surface area (TPSA) is 32.3 Å². The molecule has 0 bridgehead atoms. The van der Waals surface area contributed by atoms with E-state index >= 15 is 0 Å². The third-order valence-electron chi connectivity index (χ3n) is 0.618. The van der Waals surface area contributed by atoms with Gasteiger partial charge in [0.15, 0.2) is 0 Å². The zero-order valence-corrected chi connectivity index (χ0v) is 3.95. The lowest BCUT2D eigenvalue weighted by Gasteiger charge is -2.04. The Morgan fingerprint density at radius 3 is 3.50 bits per heavy atom. The smallest absolute Gasteiger partial charge is 0.0564 e. The normalized spacial score (nSPS) is 80.9. The summed E-state index contributed by atoms with van der Waals surface area (Å²) in [5, 5.41) is 10.6. The number of hydrogen-bond acceptors (Lipinski definition) is 2. The van der Waals surface area contributed by atoms with Crippen LogP contribution in [0.5, 0.6) is 0 Å². The molecule has 0 amide bonds. The highest BCUT2D eigenvalue weighted by Crippen LogP contribution is 2.06. The molecule has 0 aromatic heterocycles. The van der Waals surface area contributed by atoms with Crippen molar-refractivity contribution in [3.05, 3.63) is 0 Å². The van der Waals surface area contributed by atoms with E-state index in [0.29, 0.717) is 0 Å². The predicted molar refractivity (Wildman–Crippen MR) is 32.7 cm³/mol. The van der Waals surface area contributed by atoms with Crippen molar-refractivity contribution in [2.45, 2.75) is 25.1 Å². The molecule has 8 heavy (non-hydrogen) atoms. The molecule has 1 heterocycles. The highest BCUT2D eigenvalue weighted by molar-refractivity contribution is 4.72. The van der Waals surface area contributed by atoms with E-state index in [-0.39, 0.29) is 0 Å². The van der Waals surface area contributed by atoms with Crippen LogP contribution in [-0.2, 0) is 0 Å². The summed E-state index contributed by atoms with van der Waals surface area (Å²) in [6, 6.07) is -3.37. The van der Waals surface area contributed by atoms with E-state index in [9.17, 15) is 0 Å². The summed E-state index contributed by atoms with van der Waals surface area (Å²) in [6.45, 7) is -6.79. The quantitative estimate of drug-likeness (QED) is 0.551. The van der Waals surface area contributed by atoms with E-state index in [1.165, 1.54) is 5.32 Å². The van der Waals surface area contributed by atoms with Gasteiger partial charge in [-0.3, -0.25) is 0 Å². The van der Waals surface area contributed by atoms with Crippen molar-refractivity contribution in [2.24, 2.45) is 0 Å². The average Bonchev–Trinajstić information content (AvgIpc) is 2.21. The Morgan fingerprint density at radius 2 is 3.00 bits per heavy atom. The van der Waals surface area contributed by atoms with Crippen molar-refractivity contribution < 1.29 is 20.2 Å². The van der Waals surface area contributed by atoms with Crippen LogP contribution < -0.4 is 5.32 Å². The average molecular weight is 126 g/mol. The van der Waals surface area contributed by atoms with Crippen LogP contribution in [0.1, 0.15) is 34.2 Å². The van der Waals surface area contributed by atoms with Crippen LogP contribution in [0.2, 0.25) is 0 Å². The second-order valence-corrected chi connectivity index (χ2v) is 1.11. The number of hydrogen-bond donors (Lipinski definition) is 2. The molecule has 1 fully saturated rings. The van der Waals surface area contributed by atoms with E-state index < -0.39 is 38.2 Å². The molecular formula is C6H13NO. The standard InChI is InChI=1S/C6H13NO/c8-5-3-6-2-1-4-7-6/h6-8H,1-5H2/i1D2,2D2,3D2,4D2,5D2,6D. The van der Waals surface area contributed by atoms with Crippen LogP contribution in [0.25, 0.3) is 0 Å². The van der Waals surface area contributed by atoms with E-state index in [2.05, 4.69) is 0 Å². The monoisotopic (exact) mass is 126 g/mol. The van der Waals surface area contributed by atoms with Crippen molar-refractivity contribution in [1.29, 1.82) is 0 Å². The highest BCUT2D eigenvalue weighted by Gasteiger charge is 2.11. The van der Waals surface area contributed by atoms with Gasteiger partial charge in [0, 0.05) is 24.9 Å². The molecule has 48 valence electrons. The van der Waals surface area contributed by atoms with Crippen LogP contribution in [0.15, 0.2) is 0 Å². The third-order valence-corrected chi connectivity index (χ3v) is 0.618. The van der Waals surface area contributed by atoms with Crippen molar-refractivity contribution in [3.8, 4) is 0 Å². The molecule has 2 heteroatoms. The van der Waals surface area contributed by atoms with Crippen molar-refractivity contribution in [2.75, 3.05) is 13.1 Å². The number of nitrogens with one attached hydrogen (secondary N) is 1. The summed E-state index contributed by atoms with van der Waals surface area (Å²) in [4.78, 5) is 0. The Bertz CT molecular complexity index is 387. The van der Waals surface area contributed by atoms with Gasteiger partial charge in [-0.25, -0.2) is 0 Å². The molecule has 0 aromatic rings. The molecule has 1 aliphatic rings. The lowest BCUT2D eigenvalue weighted by molar-refractivity contribution is 0.271. The Labute approximate surface area is 65.4 Å². The maximum absolute atomic E-state index is 9.13. The molecule has 0 saturated carbocycles. The predicted octanol–water partition coefficient (Wildman–Crippen LogP) is 0.121. The fourth-order valence-corrected chi connectivity index (χ4v) is 0.337. The molecule has 2 N–H and O–H groups in total. The summed E-state index contributed by atoms with van der Waals surface area (Å²) >= 11 is 0. The highest BCUT2D eigenvalue weighted by atomic mass is 16.3. The summed E-state index contributed by atoms with van der Waals surface area (Å²) in [6.07, 6.45) is -10.4. The summed E-state index contributed by atoms with van der Waals surface area (Å²) < 4.78 is 80.9. The second-order valence-electron chi connectivity index (χ2n) is 1.11. The Balaban J connectivity index is 3.52.